The van der Waals surface area contributed by atoms with Gasteiger partial charge < -0.3 is 9.64 Å². The van der Waals surface area contributed by atoms with E-state index >= 15 is 0 Å². The van der Waals surface area contributed by atoms with Crippen LogP contribution in [0.5, 0.6) is 5.75 Å². The Bertz CT molecular complexity index is 349. The molecule has 1 aromatic rings. The van der Waals surface area contributed by atoms with Crippen molar-refractivity contribution in [2.75, 3.05) is 25.1 Å². The molecule has 0 aromatic heterocycles. The first-order chi connectivity index (χ1) is 8.69. The molecule has 1 aromatic carbocycles. The van der Waals surface area contributed by atoms with E-state index in [0.717, 1.165) is 25.3 Å². The van der Waals surface area contributed by atoms with Crippen molar-refractivity contribution in [1.29, 1.82) is 0 Å². The van der Waals surface area contributed by atoms with Crippen LogP contribution in [-0.2, 0) is 0 Å². The van der Waals surface area contributed by atoms with Crippen LogP contribution in [0.2, 0.25) is 0 Å². The summed E-state index contributed by atoms with van der Waals surface area (Å²) in [5.41, 5.74) is 2.51. The molecular formula is C16H27NO. The lowest BCUT2D eigenvalue weighted by atomic mass is 10.2. The molecule has 0 fully saturated rings. The van der Waals surface area contributed by atoms with Gasteiger partial charge in [0.15, 0.2) is 0 Å². The van der Waals surface area contributed by atoms with Gasteiger partial charge in [0, 0.05) is 13.6 Å². The van der Waals surface area contributed by atoms with Gasteiger partial charge in [0.25, 0.3) is 0 Å². The lowest BCUT2D eigenvalue weighted by Gasteiger charge is -2.22. The lowest BCUT2D eigenvalue weighted by molar-refractivity contribution is 0.310. The fraction of sp³-hybridized carbons (Fsp3) is 0.625. The lowest BCUT2D eigenvalue weighted by Crippen LogP contribution is -2.19. The van der Waals surface area contributed by atoms with Gasteiger partial charge >= 0.3 is 0 Å². The van der Waals surface area contributed by atoms with Crippen molar-refractivity contribution in [3.63, 3.8) is 0 Å². The molecule has 0 saturated heterocycles. The highest BCUT2D eigenvalue weighted by Crippen LogP contribution is 2.29. The zero-order valence-electron chi connectivity index (χ0n) is 12.3. The monoisotopic (exact) mass is 249 g/mol. The van der Waals surface area contributed by atoms with Crippen LogP contribution in [0.15, 0.2) is 18.2 Å². The maximum atomic E-state index is 5.89. The quantitative estimate of drug-likeness (QED) is 0.633. The summed E-state index contributed by atoms with van der Waals surface area (Å²) in [6, 6.07) is 6.44. The highest BCUT2D eigenvalue weighted by atomic mass is 16.5. The molecule has 0 aliphatic rings. The zero-order valence-corrected chi connectivity index (χ0v) is 12.3. The summed E-state index contributed by atoms with van der Waals surface area (Å²) >= 11 is 0. The minimum Gasteiger partial charge on any atom is -0.491 e. The Morgan fingerprint density at radius 1 is 1.11 bits per heavy atom. The Balaban J connectivity index is 2.75. The highest BCUT2D eigenvalue weighted by molar-refractivity contribution is 5.59. The minimum absolute atomic E-state index is 0.814. The molecule has 2 heteroatoms. The van der Waals surface area contributed by atoms with Gasteiger partial charge in [-0.2, -0.15) is 0 Å². The number of unbranched alkanes of at least 4 members (excludes halogenated alkanes) is 2. The number of rotatable bonds is 8. The molecule has 0 N–H and O–H groups in total. The third-order valence-electron chi connectivity index (χ3n) is 3.13. The Morgan fingerprint density at radius 2 is 1.83 bits per heavy atom. The van der Waals surface area contributed by atoms with Gasteiger partial charge in [-0.25, -0.2) is 0 Å². The number of hydrogen-bond donors (Lipinski definition) is 0. The zero-order chi connectivity index (χ0) is 13.4. The number of ether oxygens (including phenoxy) is 1. The number of aryl methyl sites for hydroxylation is 1. The van der Waals surface area contributed by atoms with Crippen LogP contribution in [-0.4, -0.2) is 20.2 Å². The Labute approximate surface area is 112 Å². The first-order valence-corrected chi connectivity index (χ1v) is 7.13. The van der Waals surface area contributed by atoms with Crippen LogP contribution in [0.3, 0.4) is 0 Å². The minimum atomic E-state index is 0.814. The van der Waals surface area contributed by atoms with Crippen LogP contribution in [0, 0.1) is 6.92 Å². The molecule has 0 radical (unpaired) electrons. The third kappa shape index (κ3) is 4.59. The summed E-state index contributed by atoms with van der Waals surface area (Å²) in [6.07, 6.45) is 4.74. The summed E-state index contributed by atoms with van der Waals surface area (Å²) < 4.78 is 5.89. The molecule has 0 spiro atoms. The molecule has 0 aliphatic carbocycles. The van der Waals surface area contributed by atoms with Gasteiger partial charge in [0.1, 0.15) is 5.75 Å². The molecule has 18 heavy (non-hydrogen) atoms. The largest absolute Gasteiger partial charge is 0.491 e. The van der Waals surface area contributed by atoms with Crippen molar-refractivity contribution >= 4 is 5.69 Å². The van der Waals surface area contributed by atoms with E-state index in [1.54, 1.807) is 0 Å². The number of anilines is 1. The summed E-state index contributed by atoms with van der Waals surface area (Å²) in [6.45, 7) is 8.45. The van der Waals surface area contributed by atoms with Crippen LogP contribution in [0.25, 0.3) is 0 Å². The van der Waals surface area contributed by atoms with E-state index in [2.05, 4.69) is 50.9 Å². The van der Waals surface area contributed by atoms with E-state index in [-0.39, 0.29) is 0 Å². The van der Waals surface area contributed by atoms with Crippen LogP contribution in [0.4, 0.5) is 5.69 Å². The smallest absolute Gasteiger partial charge is 0.142 e. The molecule has 1 rings (SSSR count). The predicted octanol–water partition coefficient (Wildman–Crippen LogP) is 4.41. The van der Waals surface area contributed by atoms with Crippen molar-refractivity contribution in [2.45, 2.75) is 46.5 Å². The van der Waals surface area contributed by atoms with Gasteiger partial charge in [-0.1, -0.05) is 32.8 Å². The molecule has 102 valence electrons. The molecule has 0 unspecified atom stereocenters. The summed E-state index contributed by atoms with van der Waals surface area (Å²) in [5.74, 6) is 1.02. The predicted molar refractivity (Wildman–Crippen MR) is 79.8 cm³/mol. The Kier molecular flexibility index (Phi) is 6.63. The average Bonchev–Trinajstić information content (AvgIpc) is 2.38. The van der Waals surface area contributed by atoms with Crippen LogP contribution in [0.1, 0.15) is 45.1 Å². The van der Waals surface area contributed by atoms with Gasteiger partial charge in [-0.15, -0.1) is 0 Å². The topological polar surface area (TPSA) is 12.5 Å². The molecule has 0 heterocycles. The number of benzene rings is 1. The fourth-order valence-corrected chi connectivity index (χ4v) is 1.89. The maximum Gasteiger partial charge on any atom is 0.142 e. The first-order valence-electron chi connectivity index (χ1n) is 7.13. The molecule has 0 bridgehead atoms. The normalized spacial score (nSPS) is 10.4. The number of nitrogens with zero attached hydrogens (tertiary/aromatic N) is 1. The van der Waals surface area contributed by atoms with E-state index < -0.39 is 0 Å². The van der Waals surface area contributed by atoms with Crippen molar-refractivity contribution in [2.24, 2.45) is 0 Å². The van der Waals surface area contributed by atoms with Crippen molar-refractivity contribution < 1.29 is 4.74 Å². The van der Waals surface area contributed by atoms with Crippen molar-refractivity contribution in [3.8, 4) is 5.75 Å². The molecular weight excluding hydrogens is 222 g/mol. The molecule has 0 aliphatic heterocycles. The van der Waals surface area contributed by atoms with E-state index in [1.807, 2.05) is 0 Å². The third-order valence-corrected chi connectivity index (χ3v) is 3.13. The average molecular weight is 249 g/mol. The number of hydrogen-bond acceptors (Lipinski definition) is 2. The standard InChI is InChI=1S/C16H27NO/c1-5-7-11-17(4)15-13-14(3)9-10-16(15)18-12-8-6-2/h9-10,13H,5-8,11-12H2,1-4H3. The van der Waals surface area contributed by atoms with Gasteiger partial charge in [0.05, 0.1) is 12.3 Å². The van der Waals surface area contributed by atoms with Crippen LogP contribution >= 0.6 is 0 Å². The Hall–Kier alpha value is -1.18. The van der Waals surface area contributed by atoms with E-state index in [4.69, 9.17) is 4.74 Å². The van der Waals surface area contributed by atoms with Gasteiger partial charge in [-0.05, 0) is 37.5 Å². The maximum absolute atomic E-state index is 5.89. The fourth-order valence-electron chi connectivity index (χ4n) is 1.89. The second kappa shape index (κ2) is 8.02. The van der Waals surface area contributed by atoms with Crippen LogP contribution < -0.4 is 9.64 Å². The second-order valence-electron chi connectivity index (χ2n) is 4.95. The summed E-state index contributed by atoms with van der Waals surface area (Å²) in [7, 11) is 2.15. The molecule has 2 nitrogen and oxygen atoms in total. The van der Waals surface area contributed by atoms with E-state index in [9.17, 15) is 0 Å². The van der Waals surface area contributed by atoms with Gasteiger partial charge in [0.2, 0.25) is 0 Å². The van der Waals surface area contributed by atoms with Crippen molar-refractivity contribution in [3.05, 3.63) is 23.8 Å². The highest BCUT2D eigenvalue weighted by Gasteiger charge is 2.08. The van der Waals surface area contributed by atoms with E-state index in [1.165, 1.54) is 30.5 Å². The summed E-state index contributed by atoms with van der Waals surface area (Å²) in [4.78, 5) is 2.30. The van der Waals surface area contributed by atoms with Crippen molar-refractivity contribution in [1.82, 2.24) is 0 Å². The molecule has 0 atom stereocenters. The SMILES string of the molecule is CCCCOc1ccc(C)cc1N(C)CCCC. The molecule has 0 saturated carbocycles. The molecule has 0 amide bonds. The summed E-state index contributed by atoms with van der Waals surface area (Å²) in [5, 5.41) is 0. The first kappa shape index (κ1) is 14.9. The van der Waals surface area contributed by atoms with E-state index in [0.29, 0.717) is 0 Å². The second-order valence-corrected chi connectivity index (χ2v) is 4.95. The van der Waals surface area contributed by atoms with Gasteiger partial charge in [-0.3, -0.25) is 0 Å². The Morgan fingerprint density at radius 3 is 2.50 bits per heavy atom.